The minimum atomic E-state index is -5.15. The van der Waals surface area contributed by atoms with E-state index in [2.05, 4.69) is 31.3 Å². The fourth-order valence-corrected chi connectivity index (χ4v) is 9.79. The van der Waals surface area contributed by atoms with E-state index < -0.39 is 75.2 Å². The molecule has 0 spiro atoms. The van der Waals surface area contributed by atoms with Crippen molar-refractivity contribution in [3.8, 4) is 0 Å². The van der Waals surface area contributed by atoms with Gasteiger partial charge in [-0.05, 0) is 44.9 Å². The Morgan fingerprint density at radius 1 is 0.522 bits per heavy atom. The second kappa shape index (κ2) is 42.5. The highest BCUT2D eigenvalue weighted by atomic mass is 31.2. The lowest BCUT2D eigenvalue weighted by Gasteiger charge is -2.41. The van der Waals surface area contributed by atoms with Gasteiger partial charge in [0, 0.05) is 0 Å². The zero-order valence-electron chi connectivity index (χ0n) is 42.3. The zero-order chi connectivity index (χ0) is 49.4. The lowest BCUT2D eigenvalue weighted by molar-refractivity contribution is -0.220. The minimum Gasteiger partial charge on any atom is -0.393 e. The van der Waals surface area contributed by atoms with Gasteiger partial charge in [-0.1, -0.05) is 218 Å². The fourth-order valence-electron chi connectivity index (χ4n) is 8.83. The number of aliphatic hydroxyl groups excluding tert-OH is 7. The van der Waals surface area contributed by atoms with Crippen LogP contribution >= 0.6 is 7.82 Å². The van der Waals surface area contributed by atoms with Crippen molar-refractivity contribution in [1.82, 2.24) is 5.32 Å². The first kappa shape index (κ1) is 63.8. The standard InChI is InChI=1S/C53H102NO12P/c1-3-5-7-9-11-13-15-17-19-21-22-23-24-25-26-28-30-32-34-36-38-40-44(55)42-47(57)54-45(43-65-67(63,64)66-53-51(61)49(59)48(58)50(60)52(53)62)46(56)41-39-37-35-33-31-29-27-20-18-16-14-12-10-8-6-4-2/h25-26,39,41,44-46,48-53,55-56,58-62H,3-24,27-38,40,42-43H2,1-2H3,(H,54,57)(H,63,64)/b26-25-,41-39+. The number of rotatable bonds is 46. The van der Waals surface area contributed by atoms with Gasteiger partial charge in [0.1, 0.15) is 36.6 Å². The van der Waals surface area contributed by atoms with E-state index in [1.54, 1.807) is 6.08 Å². The van der Waals surface area contributed by atoms with Crippen molar-refractivity contribution in [3.63, 3.8) is 0 Å². The average molecular weight is 976 g/mol. The van der Waals surface area contributed by atoms with Crippen LogP contribution in [0.5, 0.6) is 0 Å². The Labute approximate surface area is 407 Å². The highest BCUT2D eigenvalue weighted by Crippen LogP contribution is 2.47. The van der Waals surface area contributed by atoms with Crippen LogP contribution in [0, 0.1) is 0 Å². The molecule has 1 aliphatic carbocycles. The monoisotopic (exact) mass is 976 g/mol. The molecule has 396 valence electrons. The molecule has 0 aliphatic heterocycles. The van der Waals surface area contributed by atoms with Gasteiger partial charge >= 0.3 is 7.82 Å². The molecule has 0 radical (unpaired) electrons. The van der Waals surface area contributed by atoms with Crippen LogP contribution in [0.25, 0.3) is 0 Å². The third-order valence-electron chi connectivity index (χ3n) is 13.3. The van der Waals surface area contributed by atoms with E-state index in [9.17, 15) is 50.0 Å². The summed E-state index contributed by atoms with van der Waals surface area (Å²) in [5.41, 5.74) is 0. The van der Waals surface area contributed by atoms with E-state index in [1.807, 2.05) is 0 Å². The summed E-state index contributed by atoms with van der Waals surface area (Å²) in [7, 11) is -5.15. The van der Waals surface area contributed by atoms with Gasteiger partial charge in [-0.3, -0.25) is 13.8 Å². The van der Waals surface area contributed by atoms with Crippen LogP contribution in [0.4, 0.5) is 0 Å². The molecule has 1 amide bonds. The normalized spacial score (nSPS) is 22.4. The lowest BCUT2D eigenvalue weighted by Crippen LogP contribution is -2.64. The molecule has 9 N–H and O–H groups in total. The number of hydrogen-bond acceptors (Lipinski definition) is 11. The largest absolute Gasteiger partial charge is 0.472 e. The van der Waals surface area contributed by atoms with Crippen molar-refractivity contribution >= 4 is 13.7 Å². The Kier molecular flexibility index (Phi) is 40.4. The summed E-state index contributed by atoms with van der Waals surface area (Å²) in [6.07, 6.45) is 35.4. The Morgan fingerprint density at radius 2 is 0.866 bits per heavy atom. The molecule has 0 aromatic carbocycles. The highest BCUT2D eigenvalue weighted by Gasteiger charge is 2.51. The van der Waals surface area contributed by atoms with Crippen molar-refractivity contribution in [2.24, 2.45) is 0 Å². The molecule has 8 atom stereocenters. The summed E-state index contributed by atoms with van der Waals surface area (Å²) in [5, 5.41) is 74.7. The molecule has 13 nitrogen and oxygen atoms in total. The van der Waals surface area contributed by atoms with E-state index >= 15 is 0 Å². The molecular weight excluding hydrogens is 874 g/mol. The molecule has 14 heteroatoms. The van der Waals surface area contributed by atoms with Gasteiger partial charge in [0.25, 0.3) is 0 Å². The minimum absolute atomic E-state index is 0.248. The summed E-state index contributed by atoms with van der Waals surface area (Å²) in [6, 6.07) is -1.24. The molecule has 8 unspecified atom stereocenters. The van der Waals surface area contributed by atoms with Crippen molar-refractivity contribution in [3.05, 3.63) is 24.3 Å². The molecule has 0 heterocycles. The van der Waals surface area contributed by atoms with Crippen molar-refractivity contribution in [2.45, 2.75) is 300 Å². The highest BCUT2D eigenvalue weighted by molar-refractivity contribution is 7.47. The Hall–Kier alpha value is -1.22. The second-order valence-corrected chi connectivity index (χ2v) is 21.0. The summed E-state index contributed by atoms with van der Waals surface area (Å²) in [6.45, 7) is 3.77. The molecule has 0 saturated heterocycles. The van der Waals surface area contributed by atoms with E-state index in [4.69, 9.17) is 9.05 Å². The van der Waals surface area contributed by atoms with E-state index in [-0.39, 0.29) is 6.42 Å². The maximum atomic E-state index is 13.1. The van der Waals surface area contributed by atoms with Gasteiger partial charge in [-0.2, -0.15) is 0 Å². The number of carbonyl (C=O) groups excluding carboxylic acids is 1. The molecule has 0 bridgehead atoms. The summed E-state index contributed by atoms with van der Waals surface area (Å²) >= 11 is 0. The predicted octanol–water partition coefficient (Wildman–Crippen LogP) is 10.7. The number of allylic oxidation sites excluding steroid dienone is 3. The molecule has 67 heavy (non-hydrogen) atoms. The molecule has 1 fully saturated rings. The van der Waals surface area contributed by atoms with Crippen LogP contribution in [0.15, 0.2) is 24.3 Å². The third kappa shape index (κ3) is 33.9. The molecule has 1 aliphatic rings. The number of hydrogen-bond donors (Lipinski definition) is 9. The fraction of sp³-hybridized carbons (Fsp3) is 0.906. The summed E-state index contributed by atoms with van der Waals surface area (Å²) in [5.74, 6) is -0.595. The van der Waals surface area contributed by atoms with Crippen LogP contribution in [-0.4, -0.2) is 108 Å². The molecule has 1 rings (SSSR count). The number of unbranched alkanes of at least 4 members (excludes halogenated alkanes) is 31. The van der Waals surface area contributed by atoms with Crippen LogP contribution in [0.1, 0.15) is 245 Å². The zero-order valence-corrected chi connectivity index (χ0v) is 43.2. The third-order valence-corrected chi connectivity index (χ3v) is 14.3. The van der Waals surface area contributed by atoms with Gasteiger partial charge in [-0.25, -0.2) is 4.57 Å². The van der Waals surface area contributed by atoms with Gasteiger partial charge < -0.3 is 46.0 Å². The summed E-state index contributed by atoms with van der Waals surface area (Å²) in [4.78, 5) is 23.5. The topological polar surface area (TPSA) is 226 Å². The number of phosphoric ester groups is 1. The Balaban J connectivity index is 2.44. The van der Waals surface area contributed by atoms with Gasteiger partial charge in [0.05, 0.1) is 31.3 Å². The average Bonchev–Trinajstić information content (AvgIpc) is 3.30. The van der Waals surface area contributed by atoms with Crippen LogP contribution < -0.4 is 5.32 Å². The number of carbonyl (C=O) groups is 1. The van der Waals surface area contributed by atoms with Crippen molar-refractivity contribution < 1.29 is 59.0 Å². The van der Waals surface area contributed by atoms with Gasteiger partial charge in [0.2, 0.25) is 5.91 Å². The quantitative estimate of drug-likeness (QED) is 0.0158. The molecule has 0 aromatic heterocycles. The lowest BCUT2D eigenvalue weighted by atomic mass is 9.85. The predicted molar refractivity (Wildman–Crippen MR) is 270 cm³/mol. The van der Waals surface area contributed by atoms with Crippen LogP contribution in [-0.2, 0) is 18.4 Å². The van der Waals surface area contributed by atoms with Crippen LogP contribution in [0.3, 0.4) is 0 Å². The molecule has 1 saturated carbocycles. The maximum Gasteiger partial charge on any atom is 0.472 e. The van der Waals surface area contributed by atoms with Gasteiger partial charge in [-0.15, -0.1) is 0 Å². The van der Waals surface area contributed by atoms with Crippen molar-refractivity contribution in [1.29, 1.82) is 0 Å². The smallest absolute Gasteiger partial charge is 0.393 e. The Bertz CT molecular complexity index is 1240. The van der Waals surface area contributed by atoms with Gasteiger partial charge in [0.15, 0.2) is 0 Å². The van der Waals surface area contributed by atoms with E-state index in [0.29, 0.717) is 12.8 Å². The second-order valence-electron chi connectivity index (χ2n) is 19.6. The first-order valence-corrected chi connectivity index (χ1v) is 28.9. The maximum absolute atomic E-state index is 13.1. The number of nitrogens with one attached hydrogen (secondary N) is 1. The first-order chi connectivity index (χ1) is 32.3. The van der Waals surface area contributed by atoms with Crippen LogP contribution in [0.2, 0.25) is 0 Å². The Morgan fingerprint density at radius 3 is 1.27 bits per heavy atom. The van der Waals surface area contributed by atoms with Crippen molar-refractivity contribution in [2.75, 3.05) is 6.61 Å². The number of aliphatic hydroxyl groups is 7. The SMILES string of the molecule is CCCCCCCCCCCCCC/C=C\CCCCCCCC(O)CC(=O)NC(COP(=O)(O)OC1C(O)C(O)C(O)C(O)C1O)C(O)/C=C/CCCCCCCCCCCCCCCC. The number of amides is 1. The summed E-state index contributed by atoms with van der Waals surface area (Å²) < 4.78 is 23.0. The van der Waals surface area contributed by atoms with E-state index in [0.717, 1.165) is 64.2 Å². The molecule has 0 aromatic rings. The molecular formula is C53H102NO12P. The first-order valence-electron chi connectivity index (χ1n) is 27.4. The van der Waals surface area contributed by atoms with E-state index in [1.165, 1.54) is 154 Å². The number of phosphoric acid groups is 1.